The molecule has 0 spiro atoms. The minimum Gasteiger partial charge on any atom is -0.480 e. The predicted octanol–water partition coefficient (Wildman–Crippen LogP) is 3.30. The first kappa shape index (κ1) is 27.8. The molecule has 0 radical (unpaired) electrons. The number of carboxylic acids is 1. The molecule has 2 aromatic rings. The highest BCUT2D eigenvalue weighted by Crippen LogP contribution is 2.26. The van der Waals surface area contributed by atoms with E-state index >= 15 is 0 Å². The Morgan fingerprint density at radius 1 is 1.14 bits per heavy atom. The van der Waals surface area contributed by atoms with Crippen molar-refractivity contribution in [1.29, 1.82) is 5.26 Å². The van der Waals surface area contributed by atoms with Gasteiger partial charge in [0.2, 0.25) is 18.1 Å². The van der Waals surface area contributed by atoms with E-state index in [1.54, 1.807) is 36.5 Å². The minimum absolute atomic E-state index is 0.00957. The average Bonchev–Trinajstić information content (AvgIpc) is 2.85. The second kappa shape index (κ2) is 12.9. The molecule has 0 aliphatic heterocycles. The van der Waals surface area contributed by atoms with Crippen molar-refractivity contribution < 1.29 is 19.5 Å². The van der Waals surface area contributed by atoms with E-state index in [9.17, 15) is 19.5 Å². The number of halogens is 2. The lowest BCUT2D eigenvalue weighted by atomic mass is 9.85. The molecule has 2 amide bonds. The molecule has 12 heteroatoms. The average molecular weight is 545 g/mol. The fourth-order valence-electron chi connectivity index (χ4n) is 4.20. The fraction of sp³-hybridized carbons (Fsp3) is 0.320. The Hall–Kier alpha value is -3.81. The second-order valence-electron chi connectivity index (χ2n) is 8.65. The van der Waals surface area contributed by atoms with Gasteiger partial charge in [0.1, 0.15) is 6.04 Å². The summed E-state index contributed by atoms with van der Waals surface area (Å²) in [6.45, 7) is 0. The van der Waals surface area contributed by atoms with Gasteiger partial charge in [-0.25, -0.2) is 4.79 Å². The third-order valence-electron chi connectivity index (χ3n) is 6.02. The number of carboxylic acid groups (broad SMARTS) is 1. The Bertz CT molecular complexity index is 1210. The zero-order valence-corrected chi connectivity index (χ0v) is 21.2. The van der Waals surface area contributed by atoms with Gasteiger partial charge in [0.05, 0.1) is 15.6 Å². The summed E-state index contributed by atoms with van der Waals surface area (Å²) in [6, 6.07) is 10.0. The van der Waals surface area contributed by atoms with Gasteiger partial charge in [0, 0.05) is 24.1 Å². The first-order chi connectivity index (χ1) is 17.7. The van der Waals surface area contributed by atoms with Crippen LogP contribution in [0.3, 0.4) is 0 Å². The number of rotatable bonds is 8. The van der Waals surface area contributed by atoms with E-state index in [2.05, 4.69) is 20.9 Å². The number of amides is 2. The van der Waals surface area contributed by atoms with Gasteiger partial charge in [-0.1, -0.05) is 47.8 Å². The van der Waals surface area contributed by atoms with Crippen LogP contribution in [0, 0.1) is 17.4 Å². The fourth-order valence-corrected chi connectivity index (χ4v) is 4.77. The van der Waals surface area contributed by atoms with Gasteiger partial charge in [-0.3, -0.25) is 9.59 Å². The maximum Gasteiger partial charge on any atom is 0.326 e. The molecule has 10 nitrogen and oxygen atoms in total. The van der Waals surface area contributed by atoms with Gasteiger partial charge >= 0.3 is 5.97 Å². The molecule has 0 saturated heterocycles. The Morgan fingerprint density at radius 3 is 2.43 bits per heavy atom. The van der Waals surface area contributed by atoms with Gasteiger partial charge in [0.25, 0.3) is 5.91 Å². The molecule has 1 aliphatic carbocycles. The molecule has 3 atom stereocenters. The Labute approximate surface area is 223 Å². The summed E-state index contributed by atoms with van der Waals surface area (Å²) in [5.74, 6) is -2.23. The molecule has 2 aromatic carbocycles. The number of hydrogen-bond donors (Lipinski definition) is 5. The zero-order chi connectivity index (χ0) is 26.9. The van der Waals surface area contributed by atoms with Gasteiger partial charge in [-0.15, -0.1) is 4.99 Å². The number of nitrogens with one attached hydrogen (secondary N) is 3. The molecular weight excluding hydrogens is 519 g/mol. The first-order valence-electron chi connectivity index (χ1n) is 11.5. The van der Waals surface area contributed by atoms with E-state index in [0.717, 1.165) is 19.3 Å². The van der Waals surface area contributed by atoms with E-state index in [4.69, 9.17) is 34.2 Å². The molecule has 194 valence electrons. The van der Waals surface area contributed by atoms with Crippen LogP contribution in [-0.2, 0) is 16.0 Å². The van der Waals surface area contributed by atoms with Crippen LogP contribution in [0.25, 0.3) is 0 Å². The number of benzene rings is 2. The maximum absolute atomic E-state index is 12.8. The summed E-state index contributed by atoms with van der Waals surface area (Å²) < 4.78 is 0. The monoisotopic (exact) mass is 544 g/mol. The van der Waals surface area contributed by atoms with Crippen molar-refractivity contribution in [1.82, 2.24) is 10.6 Å². The van der Waals surface area contributed by atoms with Gasteiger partial charge in [0.15, 0.2) is 0 Å². The van der Waals surface area contributed by atoms with E-state index in [0.29, 0.717) is 17.7 Å². The summed E-state index contributed by atoms with van der Waals surface area (Å²) in [5.41, 5.74) is 6.86. The Kier molecular flexibility index (Phi) is 9.71. The maximum atomic E-state index is 12.8. The van der Waals surface area contributed by atoms with Crippen LogP contribution in [0.2, 0.25) is 10.0 Å². The van der Waals surface area contributed by atoms with E-state index in [1.807, 2.05) is 0 Å². The number of nitriles is 1. The largest absolute Gasteiger partial charge is 0.480 e. The number of nitrogens with two attached hydrogens (primary N) is 1. The van der Waals surface area contributed by atoms with Crippen molar-refractivity contribution in [2.45, 2.75) is 44.2 Å². The first-order valence-corrected chi connectivity index (χ1v) is 12.3. The Morgan fingerprint density at radius 2 is 1.81 bits per heavy atom. The highest BCUT2D eigenvalue weighted by molar-refractivity contribution is 6.39. The van der Waals surface area contributed by atoms with Crippen LogP contribution < -0.4 is 21.7 Å². The summed E-state index contributed by atoms with van der Waals surface area (Å²) in [4.78, 5) is 40.6. The van der Waals surface area contributed by atoms with Crippen molar-refractivity contribution in [2.75, 3.05) is 5.32 Å². The quantitative estimate of drug-likeness (QED) is 0.193. The number of aliphatic carboxylic acids is 1. The summed E-state index contributed by atoms with van der Waals surface area (Å²) in [7, 11) is 0. The second-order valence-corrected chi connectivity index (χ2v) is 9.47. The molecular formula is C25H26Cl2N6O4. The Balaban J connectivity index is 1.59. The number of anilines is 1. The highest BCUT2D eigenvalue weighted by atomic mass is 35.5. The lowest BCUT2D eigenvalue weighted by Gasteiger charge is -2.29. The number of hydrogen-bond acceptors (Lipinski definition) is 5. The van der Waals surface area contributed by atoms with Crippen LogP contribution >= 0.6 is 23.2 Å². The summed E-state index contributed by atoms with van der Waals surface area (Å²) in [6.07, 6.45) is 4.58. The lowest BCUT2D eigenvalue weighted by Crippen LogP contribution is -2.44. The molecule has 0 bridgehead atoms. The summed E-state index contributed by atoms with van der Waals surface area (Å²) >= 11 is 12.1. The third kappa shape index (κ3) is 7.84. The van der Waals surface area contributed by atoms with E-state index < -0.39 is 17.9 Å². The topological polar surface area (TPSA) is 170 Å². The van der Waals surface area contributed by atoms with Crippen molar-refractivity contribution >= 4 is 52.6 Å². The van der Waals surface area contributed by atoms with Crippen molar-refractivity contribution in [3.05, 3.63) is 63.6 Å². The molecule has 0 heterocycles. The van der Waals surface area contributed by atoms with Crippen molar-refractivity contribution in [3.8, 4) is 6.19 Å². The lowest BCUT2D eigenvalue weighted by molar-refractivity contribution is -0.139. The molecule has 37 heavy (non-hydrogen) atoms. The predicted molar refractivity (Wildman–Crippen MR) is 140 cm³/mol. The number of guanidine groups is 1. The molecule has 1 aliphatic rings. The van der Waals surface area contributed by atoms with Crippen LogP contribution in [0.15, 0.2) is 47.5 Å². The van der Waals surface area contributed by atoms with Crippen LogP contribution in [0.4, 0.5) is 5.69 Å². The van der Waals surface area contributed by atoms with Gasteiger partial charge in [-0.05, 0) is 49.1 Å². The van der Waals surface area contributed by atoms with Crippen LogP contribution in [0.5, 0.6) is 0 Å². The smallest absolute Gasteiger partial charge is 0.326 e. The van der Waals surface area contributed by atoms with Crippen molar-refractivity contribution in [3.63, 3.8) is 0 Å². The summed E-state index contributed by atoms with van der Waals surface area (Å²) in [5, 5.41) is 26.8. The zero-order valence-electron chi connectivity index (χ0n) is 19.7. The van der Waals surface area contributed by atoms with E-state index in [1.165, 1.54) is 12.1 Å². The number of nitrogens with zero attached hydrogens (tertiary/aromatic N) is 2. The molecule has 1 saturated carbocycles. The molecule has 0 aromatic heterocycles. The minimum atomic E-state index is -1.22. The molecule has 1 fully saturated rings. The van der Waals surface area contributed by atoms with Crippen LogP contribution in [0.1, 0.15) is 41.6 Å². The normalized spacial score (nSPS) is 18.2. The van der Waals surface area contributed by atoms with Gasteiger partial charge < -0.3 is 26.8 Å². The third-order valence-corrected chi connectivity index (χ3v) is 6.65. The molecule has 3 rings (SSSR count). The number of carbonyl (C=O) groups excluding carboxylic acids is 2. The number of aliphatic imine (C=N–C) groups is 1. The van der Waals surface area contributed by atoms with E-state index in [-0.39, 0.29) is 45.9 Å². The highest BCUT2D eigenvalue weighted by Gasteiger charge is 2.28. The van der Waals surface area contributed by atoms with Gasteiger partial charge in [-0.2, -0.15) is 5.26 Å². The van der Waals surface area contributed by atoms with Crippen LogP contribution in [-0.4, -0.2) is 40.9 Å². The standard InChI is InChI=1S/C25H26Cl2N6O4/c26-18-5-2-6-19(27)21(18)23(35)33-20(24(36)37)11-14-7-9-16(10-8-14)31-22(34)15-3-1-4-17(12-15)32-25(29)30-13-28/h2,5-10,15,17,20H,1,3-4,11-12H2,(H,31,34)(H,33,35)(H,36,37)(H3,29,30,32)/t15-,17+,20-/m0/s1. The SMILES string of the molecule is N#C/N=C(\N)N[C@@H]1CCC[C@H](C(=O)Nc2ccc(C[C@H](NC(=O)c3c(Cl)cccc3Cl)C(=O)O)cc2)C1. The molecule has 0 unspecified atom stereocenters. The molecule has 6 N–H and O–H groups in total. The van der Waals surface area contributed by atoms with Crippen molar-refractivity contribution in [2.24, 2.45) is 16.6 Å². The number of carbonyl (C=O) groups is 3.